The molecule has 5 atom stereocenters. The van der Waals surface area contributed by atoms with Crippen LogP contribution in [0.15, 0.2) is 35.8 Å². The fourth-order valence-electron chi connectivity index (χ4n) is 4.09. The Hall–Kier alpha value is -2.57. The maximum atomic E-state index is 13.9. The first-order valence-electron chi connectivity index (χ1n) is 8.69. The van der Waals surface area contributed by atoms with E-state index in [9.17, 15) is 19.7 Å². The molecule has 1 aromatic carbocycles. The summed E-state index contributed by atoms with van der Waals surface area (Å²) in [5.74, 6) is 4.62. The smallest absolute Gasteiger partial charge is 0.185 e. The molecule has 2 aromatic heterocycles. The van der Waals surface area contributed by atoms with Gasteiger partial charge in [0.1, 0.15) is 34.9 Å². The zero-order chi connectivity index (χ0) is 20.6. The molecule has 0 unspecified atom stereocenters. The summed E-state index contributed by atoms with van der Waals surface area (Å²) in [6.07, 6.45) is -1.24. The molecule has 5 rings (SSSR count). The van der Waals surface area contributed by atoms with Crippen LogP contribution in [-0.2, 0) is 10.3 Å². The average molecular weight is 423 g/mol. The van der Waals surface area contributed by atoms with Crippen molar-refractivity contribution in [2.75, 3.05) is 0 Å². The van der Waals surface area contributed by atoms with E-state index in [0.29, 0.717) is 11.0 Å². The fraction of sp³-hybridized carbons (Fsp3) is 0.353. The van der Waals surface area contributed by atoms with Crippen LogP contribution in [0.5, 0.6) is 0 Å². The highest BCUT2D eigenvalue weighted by atomic mass is 35.5. The third-order valence-corrected chi connectivity index (χ3v) is 6.01. The molecule has 10 nitrogen and oxygen atoms in total. The van der Waals surface area contributed by atoms with Gasteiger partial charge in [-0.25, -0.2) is 14.1 Å². The lowest BCUT2D eigenvalue weighted by Gasteiger charge is -2.20. The van der Waals surface area contributed by atoms with E-state index in [1.807, 2.05) is 0 Å². The number of hydrogen-bond acceptors (Lipinski definition) is 8. The summed E-state index contributed by atoms with van der Waals surface area (Å²) in [6.45, 7) is 0. The van der Waals surface area contributed by atoms with Gasteiger partial charge in [-0.3, -0.25) is 0 Å². The van der Waals surface area contributed by atoms with Crippen molar-refractivity contribution in [2.45, 2.75) is 36.1 Å². The monoisotopic (exact) mass is 422 g/mol. The number of nitrogens with two attached hydrogens (primary N) is 1. The summed E-state index contributed by atoms with van der Waals surface area (Å²) in [4.78, 5) is 6.85. The summed E-state index contributed by atoms with van der Waals surface area (Å²) >= 11 is 5.71. The minimum absolute atomic E-state index is 0.0380. The Bertz CT molecular complexity index is 1200. The molecule has 2 aliphatic rings. The predicted octanol–water partition coefficient (Wildman–Crippen LogP) is -0.393. The SMILES string of the molecule is N/N=c1/nc[nH]c2c1cnn2[C@@H]1O[C@@]2(C[C@@]2(O)c2ccc(Cl)c(F)c2)[C@@H](O)[C@H]1O. The number of nitrogens with one attached hydrogen (secondary N) is 1. The summed E-state index contributed by atoms with van der Waals surface area (Å²) < 4.78 is 21.2. The number of nitrogens with zero attached hydrogens (tertiary/aromatic N) is 4. The molecule has 1 aliphatic carbocycles. The van der Waals surface area contributed by atoms with Gasteiger partial charge in [0.2, 0.25) is 0 Å². The largest absolute Gasteiger partial charge is 0.387 e. The van der Waals surface area contributed by atoms with Crippen LogP contribution in [-0.4, -0.2) is 52.9 Å². The maximum Gasteiger partial charge on any atom is 0.185 e. The van der Waals surface area contributed by atoms with Crippen LogP contribution in [0, 0.1) is 5.82 Å². The minimum Gasteiger partial charge on any atom is -0.387 e. The van der Waals surface area contributed by atoms with Crippen LogP contribution >= 0.6 is 11.6 Å². The average Bonchev–Trinajstić information content (AvgIpc) is 2.99. The Morgan fingerprint density at radius 1 is 1.41 bits per heavy atom. The van der Waals surface area contributed by atoms with Gasteiger partial charge in [0, 0.05) is 6.42 Å². The first-order valence-corrected chi connectivity index (χ1v) is 9.07. The maximum absolute atomic E-state index is 13.9. The van der Waals surface area contributed by atoms with Crippen molar-refractivity contribution in [3.8, 4) is 0 Å². The van der Waals surface area contributed by atoms with E-state index >= 15 is 0 Å². The highest BCUT2D eigenvalue weighted by Crippen LogP contribution is 2.65. The third-order valence-electron chi connectivity index (χ3n) is 5.70. The summed E-state index contributed by atoms with van der Waals surface area (Å²) in [5, 5.41) is 40.6. The molecule has 1 saturated heterocycles. The first-order chi connectivity index (χ1) is 13.8. The van der Waals surface area contributed by atoms with Crippen LogP contribution in [0.4, 0.5) is 4.39 Å². The number of fused-ring (bicyclic) bond motifs is 1. The summed E-state index contributed by atoms with van der Waals surface area (Å²) in [6, 6.07) is 3.85. The van der Waals surface area contributed by atoms with Crippen molar-refractivity contribution >= 4 is 22.6 Å². The van der Waals surface area contributed by atoms with Gasteiger partial charge in [-0.1, -0.05) is 17.7 Å². The molecule has 0 bridgehead atoms. The van der Waals surface area contributed by atoms with Gasteiger partial charge < -0.3 is 30.9 Å². The number of aliphatic hydroxyl groups is 3. The van der Waals surface area contributed by atoms with Crippen molar-refractivity contribution in [1.29, 1.82) is 0 Å². The molecule has 0 amide bonds. The predicted molar refractivity (Wildman–Crippen MR) is 96.4 cm³/mol. The summed E-state index contributed by atoms with van der Waals surface area (Å²) in [7, 11) is 0. The van der Waals surface area contributed by atoms with Gasteiger partial charge in [-0.2, -0.15) is 10.2 Å². The van der Waals surface area contributed by atoms with Crippen LogP contribution in [0.1, 0.15) is 18.2 Å². The molecule has 3 aromatic rings. The second-order valence-electron chi connectivity index (χ2n) is 7.21. The lowest BCUT2D eigenvalue weighted by Crippen LogP contribution is -2.38. The lowest BCUT2D eigenvalue weighted by atomic mass is 9.99. The number of rotatable bonds is 2. The number of aromatic amines is 1. The molecule has 2 fully saturated rings. The second-order valence-corrected chi connectivity index (χ2v) is 7.61. The third kappa shape index (κ3) is 2.33. The van der Waals surface area contributed by atoms with Crippen LogP contribution in [0.3, 0.4) is 0 Å². The molecule has 6 N–H and O–H groups in total. The van der Waals surface area contributed by atoms with Gasteiger partial charge in [0.05, 0.1) is 22.9 Å². The summed E-state index contributed by atoms with van der Waals surface area (Å²) in [5.41, 5.74) is -2.40. The van der Waals surface area contributed by atoms with E-state index in [2.05, 4.69) is 20.2 Å². The van der Waals surface area contributed by atoms with Gasteiger partial charge in [-0.15, -0.1) is 0 Å². The minimum atomic E-state index is -1.69. The molecule has 152 valence electrons. The van der Waals surface area contributed by atoms with Crippen molar-refractivity contribution < 1.29 is 24.4 Å². The molecule has 1 spiro atoms. The van der Waals surface area contributed by atoms with Crippen molar-refractivity contribution in [3.05, 3.63) is 52.6 Å². The fourth-order valence-corrected chi connectivity index (χ4v) is 4.21. The molecular weight excluding hydrogens is 407 g/mol. The number of benzene rings is 1. The van der Waals surface area contributed by atoms with E-state index < -0.39 is 35.5 Å². The molecule has 29 heavy (non-hydrogen) atoms. The Balaban J connectivity index is 1.55. The van der Waals surface area contributed by atoms with Crippen LogP contribution < -0.4 is 11.3 Å². The molecular formula is C17H16ClFN6O4. The Morgan fingerprint density at radius 3 is 2.93 bits per heavy atom. The standard InChI is InChI=1S/C17H16ClFN6O4/c18-9-2-1-7(3-10(9)19)16(28)5-17(16)12(27)11(26)15(29-17)25-14-8(4-23-25)13(24-20)21-6-22-14/h1-4,6,11-12,15,26-28H,5,20H2,(H,21,22,24)/t11-,12+,15-,16-,17+/m1/s1. The number of H-pyrrole nitrogens is 1. The van der Waals surface area contributed by atoms with Gasteiger partial charge in [0.15, 0.2) is 11.7 Å². The quantitative estimate of drug-likeness (QED) is 0.278. The van der Waals surface area contributed by atoms with E-state index in [-0.39, 0.29) is 22.5 Å². The Labute approximate surface area is 167 Å². The molecule has 0 radical (unpaired) electrons. The number of halogens is 2. The molecule has 1 aliphatic heterocycles. The van der Waals surface area contributed by atoms with Gasteiger partial charge in [-0.05, 0) is 17.7 Å². The van der Waals surface area contributed by atoms with Gasteiger partial charge in [0.25, 0.3) is 0 Å². The second kappa shape index (κ2) is 5.97. The number of hydrogen-bond donors (Lipinski definition) is 5. The van der Waals surface area contributed by atoms with Crippen molar-refractivity contribution in [1.82, 2.24) is 19.7 Å². The first kappa shape index (κ1) is 18.5. The number of ether oxygens (including phenoxy) is 1. The Morgan fingerprint density at radius 2 is 2.21 bits per heavy atom. The molecule has 12 heteroatoms. The Kier molecular flexibility index (Phi) is 3.80. The number of aliphatic hydroxyl groups excluding tert-OH is 2. The van der Waals surface area contributed by atoms with E-state index in [0.717, 1.165) is 6.07 Å². The highest BCUT2D eigenvalue weighted by Gasteiger charge is 2.78. The zero-order valence-electron chi connectivity index (χ0n) is 14.7. The van der Waals surface area contributed by atoms with Crippen LogP contribution in [0.25, 0.3) is 11.0 Å². The van der Waals surface area contributed by atoms with Crippen LogP contribution in [0.2, 0.25) is 5.02 Å². The van der Waals surface area contributed by atoms with Crippen molar-refractivity contribution in [2.24, 2.45) is 10.9 Å². The normalized spacial score (nSPS) is 34.4. The molecule has 1 saturated carbocycles. The van der Waals surface area contributed by atoms with E-state index in [1.54, 1.807) is 0 Å². The lowest BCUT2D eigenvalue weighted by molar-refractivity contribution is -0.0927. The number of aromatic nitrogens is 4. The molecule has 3 heterocycles. The zero-order valence-corrected chi connectivity index (χ0v) is 15.5. The van der Waals surface area contributed by atoms with E-state index in [1.165, 1.54) is 29.3 Å². The highest BCUT2D eigenvalue weighted by molar-refractivity contribution is 6.30. The van der Waals surface area contributed by atoms with Gasteiger partial charge >= 0.3 is 0 Å². The van der Waals surface area contributed by atoms with Crippen molar-refractivity contribution in [3.63, 3.8) is 0 Å². The van der Waals surface area contributed by atoms with E-state index in [4.69, 9.17) is 22.2 Å². The topological polar surface area (TPSA) is 155 Å².